The van der Waals surface area contributed by atoms with E-state index in [0.29, 0.717) is 0 Å². The molecule has 0 spiro atoms. The Morgan fingerprint density at radius 2 is 0.683 bits per heavy atom. The molecule has 0 fully saturated rings. The highest BCUT2D eigenvalue weighted by molar-refractivity contribution is 9.11. The first-order valence-corrected chi connectivity index (χ1v) is 17.0. The van der Waals surface area contributed by atoms with Gasteiger partial charge in [0.2, 0.25) is 0 Å². The van der Waals surface area contributed by atoms with E-state index in [0.717, 1.165) is 40.1 Å². The Labute approximate surface area is 283 Å². The average molecular weight is 855 g/mol. The van der Waals surface area contributed by atoms with Gasteiger partial charge in [-0.2, -0.15) is 0 Å². The molecule has 0 amide bonds. The minimum absolute atomic E-state index is 0.641. The van der Waals surface area contributed by atoms with Crippen LogP contribution in [0.5, 0.6) is 0 Å². The highest BCUT2D eigenvalue weighted by Crippen LogP contribution is 2.65. The molecule has 5 heteroatoms. The molecule has 0 aliphatic heterocycles. The van der Waals surface area contributed by atoms with E-state index in [-0.39, 0.29) is 0 Å². The van der Waals surface area contributed by atoms with Crippen LogP contribution in [0.1, 0.15) is 33.4 Å². The summed E-state index contributed by atoms with van der Waals surface area (Å²) < 4.78 is 3.56. The van der Waals surface area contributed by atoms with Gasteiger partial charge < -0.3 is 0 Å². The second-order valence-electron chi connectivity index (χ2n) is 10.1. The molecule has 1 unspecified atom stereocenters. The van der Waals surface area contributed by atoms with Crippen molar-refractivity contribution in [2.24, 2.45) is 0 Å². The van der Waals surface area contributed by atoms with Gasteiger partial charge in [0.1, 0.15) is 4.32 Å². The monoisotopic (exact) mass is 850 g/mol. The molecule has 5 aromatic carbocycles. The molecule has 1 atom stereocenters. The predicted molar refractivity (Wildman–Crippen MR) is 192 cm³/mol. The molecule has 41 heavy (non-hydrogen) atoms. The van der Waals surface area contributed by atoms with Gasteiger partial charge in [0.05, 0.1) is 0 Å². The molecule has 5 aromatic rings. The van der Waals surface area contributed by atoms with Gasteiger partial charge in [0.25, 0.3) is 0 Å². The first-order chi connectivity index (χ1) is 19.8. The third-order valence-electron chi connectivity index (χ3n) is 7.42. The maximum Gasteiger partial charge on any atom is 0.103 e. The van der Waals surface area contributed by atoms with Crippen molar-refractivity contribution >= 4 is 102 Å². The van der Waals surface area contributed by atoms with Gasteiger partial charge >= 0.3 is 0 Å². The summed E-state index contributed by atoms with van der Waals surface area (Å²) in [7, 11) is 0. The Balaban J connectivity index is 1.81. The smallest absolute Gasteiger partial charge is 0.0695 e. The Hall–Kier alpha value is -2.02. The third kappa shape index (κ3) is 5.57. The van der Waals surface area contributed by atoms with E-state index in [4.69, 9.17) is 0 Å². The van der Waals surface area contributed by atoms with Crippen LogP contribution in [-0.2, 0) is 4.32 Å². The van der Waals surface area contributed by atoms with Gasteiger partial charge in [0, 0.05) is 17.9 Å². The number of hydrogen-bond donors (Lipinski definition) is 0. The number of hydrogen-bond acceptors (Lipinski definition) is 0. The fraction of sp³-hybridized carbons (Fsp3) is 0.0556. The Morgan fingerprint density at radius 3 is 1.05 bits per heavy atom. The average Bonchev–Trinajstić information content (AvgIpc) is 3.25. The minimum atomic E-state index is -0.641. The summed E-state index contributed by atoms with van der Waals surface area (Å²) in [5.41, 5.74) is 11.9. The highest BCUT2D eigenvalue weighted by atomic mass is 79.9. The van der Waals surface area contributed by atoms with Crippen molar-refractivity contribution in [2.75, 3.05) is 0 Å². The normalized spacial score (nSPS) is 16.9. The van der Waals surface area contributed by atoms with Crippen molar-refractivity contribution in [3.8, 4) is 0 Å². The zero-order valence-corrected chi connectivity index (χ0v) is 29.9. The molecule has 1 aliphatic carbocycles. The molecule has 0 N–H and O–H groups in total. The van der Waals surface area contributed by atoms with E-state index in [1.807, 2.05) is 0 Å². The maximum atomic E-state index is 4.46. The molecule has 0 bridgehead atoms. The van der Waals surface area contributed by atoms with Crippen molar-refractivity contribution in [3.63, 3.8) is 0 Å². The summed E-state index contributed by atoms with van der Waals surface area (Å²) in [6.07, 6.45) is 0. The second kappa shape index (κ2) is 11.9. The molecule has 1 aliphatic rings. The van der Waals surface area contributed by atoms with Gasteiger partial charge in [-0.3, -0.25) is 0 Å². The molecule has 0 heterocycles. The van der Waals surface area contributed by atoms with Crippen molar-refractivity contribution in [3.05, 3.63) is 173 Å². The maximum absolute atomic E-state index is 4.46. The molecular formula is C36H23Br5. The Kier molecular flexibility index (Phi) is 8.46. The van der Waals surface area contributed by atoms with Crippen LogP contribution in [0.2, 0.25) is 0 Å². The van der Waals surface area contributed by atoms with Crippen LogP contribution < -0.4 is 0 Å². The minimum Gasteiger partial charge on any atom is -0.0695 e. The topological polar surface area (TPSA) is 0 Å². The van der Waals surface area contributed by atoms with Crippen LogP contribution in [0.25, 0.3) is 22.3 Å². The van der Waals surface area contributed by atoms with Gasteiger partial charge in [-0.05, 0) is 106 Å². The van der Waals surface area contributed by atoms with Gasteiger partial charge in [-0.1, -0.05) is 158 Å². The van der Waals surface area contributed by atoms with E-state index in [1.54, 1.807) is 0 Å². The Morgan fingerprint density at radius 1 is 0.390 bits per heavy atom. The van der Waals surface area contributed by atoms with Crippen LogP contribution >= 0.6 is 79.6 Å². The lowest BCUT2D eigenvalue weighted by Gasteiger charge is -2.32. The standard InChI is InChI=1S/C36H23Br5/c1-22-2-4-23(5-3-22)32-33(24-6-14-28(37)15-7-24)35(26-10-18-30(39)19-11-26)36(41,27-12-20-31(40)21-13-27)34(32)25-8-16-29(38)17-9-25/h2-21H,1H3. The molecule has 0 saturated carbocycles. The van der Waals surface area contributed by atoms with Crippen LogP contribution in [0, 0.1) is 6.92 Å². The zero-order chi connectivity index (χ0) is 28.7. The summed E-state index contributed by atoms with van der Waals surface area (Å²) in [6.45, 7) is 2.14. The largest absolute Gasteiger partial charge is 0.103 e. The third-order valence-corrected chi connectivity index (χ3v) is 10.8. The van der Waals surface area contributed by atoms with E-state index >= 15 is 0 Å². The molecule has 0 saturated heterocycles. The van der Waals surface area contributed by atoms with Crippen molar-refractivity contribution in [1.29, 1.82) is 0 Å². The highest BCUT2D eigenvalue weighted by Gasteiger charge is 2.48. The quantitative estimate of drug-likeness (QED) is 0.155. The Bertz CT molecular complexity index is 1670. The first kappa shape index (κ1) is 29.1. The van der Waals surface area contributed by atoms with Gasteiger partial charge in [-0.15, -0.1) is 0 Å². The SMILES string of the molecule is Cc1ccc(C2=C(c3ccc(Br)cc3)C(Br)(c3ccc(Br)cc3)C(c3ccc(Br)cc3)=C2c2ccc(Br)cc2)cc1. The van der Waals surface area contributed by atoms with E-state index in [1.165, 1.54) is 33.4 Å². The van der Waals surface area contributed by atoms with Gasteiger partial charge in [0.15, 0.2) is 0 Å². The van der Waals surface area contributed by atoms with E-state index in [9.17, 15) is 0 Å². The molecule has 0 nitrogen and oxygen atoms in total. The summed E-state index contributed by atoms with van der Waals surface area (Å²) in [6, 6.07) is 43.6. The van der Waals surface area contributed by atoms with Gasteiger partial charge in [-0.25, -0.2) is 0 Å². The summed E-state index contributed by atoms with van der Waals surface area (Å²) in [5.74, 6) is 0. The number of halogens is 5. The number of allylic oxidation sites excluding steroid dienone is 4. The fourth-order valence-electron chi connectivity index (χ4n) is 5.52. The molecule has 0 aromatic heterocycles. The molecular weight excluding hydrogens is 832 g/mol. The number of aryl methyl sites for hydroxylation is 1. The lowest BCUT2D eigenvalue weighted by atomic mass is 9.81. The number of alkyl halides is 1. The first-order valence-electron chi connectivity index (χ1n) is 13.1. The fourth-order valence-corrected chi connectivity index (χ4v) is 7.70. The van der Waals surface area contributed by atoms with Crippen molar-refractivity contribution in [1.82, 2.24) is 0 Å². The van der Waals surface area contributed by atoms with E-state index in [2.05, 4.69) is 208 Å². The van der Waals surface area contributed by atoms with Crippen molar-refractivity contribution in [2.45, 2.75) is 11.2 Å². The van der Waals surface area contributed by atoms with E-state index < -0.39 is 4.32 Å². The predicted octanol–water partition coefficient (Wildman–Crippen LogP) is 12.9. The summed E-state index contributed by atoms with van der Waals surface area (Å²) >= 11 is 19.1. The van der Waals surface area contributed by atoms with Crippen LogP contribution in [0.4, 0.5) is 0 Å². The molecule has 0 radical (unpaired) electrons. The lowest BCUT2D eigenvalue weighted by Crippen LogP contribution is -2.20. The second-order valence-corrected chi connectivity index (χ2v) is 14.9. The molecule has 202 valence electrons. The van der Waals surface area contributed by atoms with Crippen molar-refractivity contribution < 1.29 is 0 Å². The van der Waals surface area contributed by atoms with Crippen LogP contribution in [0.3, 0.4) is 0 Å². The van der Waals surface area contributed by atoms with Crippen LogP contribution in [-0.4, -0.2) is 0 Å². The number of benzene rings is 5. The zero-order valence-electron chi connectivity index (χ0n) is 21.9. The molecule has 6 rings (SSSR count). The van der Waals surface area contributed by atoms with Crippen LogP contribution in [0.15, 0.2) is 139 Å². The lowest BCUT2D eigenvalue weighted by molar-refractivity contribution is 1.07. The number of rotatable bonds is 5. The summed E-state index contributed by atoms with van der Waals surface area (Å²) in [4.78, 5) is 0. The summed E-state index contributed by atoms with van der Waals surface area (Å²) in [5, 5.41) is 0.